The van der Waals surface area contributed by atoms with E-state index in [1.165, 1.54) is 6.08 Å². The van der Waals surface area contributed by atoms with Crippen LogP contribution in [0.25, 0.3) is 6.08 Å². The summed E-state index contributed by atoms with van der Waals surface area (Å²) in [6.07, 6.45) is 1.28. The molecule has 1 saturated heterocycles. The molecule has 0 unspecified atom stereocenters. The van der Waals surface area contributed by atoms with Gasteiger partial charge in [-0.15, -0.1) is 0 Å². The Kier molecular flexibility index (Phi) is 3.00. The van der Waals surface area contributed by atoms with Crippen LogP contribution in [0.3, 0.4) is 0 Å². The molecule has 0 spiro atoms. The van der Waals surface area contributed by atoms with Gasteiger partial charge in [0.2, 0.25) is 11.8 Å². The van der Waals surface area contributed by atoms with Crippen LogP contribution in [-0.4, -0.2) is 39.2 Å². The van der Waals surface area contributed by atoms with E-state index in [2.05, 4.69) is 10.7 Å². The highest BCUT2D eigenvalue weighted by Crippen LogP contribution is 2.26. The maximum Gasteiger partial charge on any atom is 0.328 e. The number of H-pyrrole nitrogens is 2. The van der Waals surface area contributed by atoms with Crippen LogP contribution < -0.4 is 11.2 Å². The number of ether oxygens (including phenoxy) is 1. The summed E-state index contributed by atoms with van der Waals surface area (Å²) in [5.74, 6) is -0.0308. The Hall–Kier alpha value is -2.40. The molecule has 0 aromatic carbocycles. The molecule has 1 fully saturated rings. The second kappa shape index (κ2) is 4.37. The molecule has 0 atom stereocenters. The van der Waals surface area contributed by atoms with Gasteiger partial charge in [-0.25, -0.2) is 4.79 Å². The van der Waals surface area contributed by atoms with E-state index in [0.29, 0.717) is 12.5 Å². The summed E-state index contributed by atoms with van der Waals surface area (Å²) >= 11 is 0. The van der Waals surface area contributed by atoms with Gasteiger partial charge in [-0.2, -0.15) is 0 Å². The van der Waals surface area contributed by atoms with Crippen molar-refractivity contribution in [2.75, 3.05) is 13.7 Å². The summed E-state index contributed by atoms with van der Waals surface area (Å²) in [6, 6.07) is 0. The zero-order valence-corrected chi connectivity index (χ0v) is 10.9. The number of aromatic amines is 2. The summed E-state index contributed by atoms with van der Waals surface area (Å²) in [4.78, 5) is 28.4. The lowest BCUT2D eigenvalue weighted by Crippen LogP contribution is -2.35. The van der Waals surface area contributed by atoms with Crippen LogP contribution in [0, 0.1) is 0 Å². The lowest BCUT2D eigenvalue weighted by Gasteiger charge is -2.24. The van der Waals surface area contributed by atoms with Gasteiger partial charge in [0, 0.05) is 13.1 Å². The lowest BCUT2D eigenvalue weighted by atomic mass is 10.1. The zero-order valence-electron chi connectivity index (χ0n) is 10.9. The van der Waals surface area contributed by atoms with Crippen molar-refractivity contribution < 1.29 is 9.84 Å². The predicted molar refractivity (Wildman–Crippen MR) is 68.6 cm³/mol. The quantitative estimate of drug-likeness (QED) is 0.619. The van der Waals surface area contributed by atoms with E-state index in [1.54, 1.807) is 0 Å². The van der Waals surface area contributed by atoms with Crippen LogP contribution in [0.4, 0.5) is 0 Å². The average Bonchev–Trinajstić information content (AvgIpc) is 2.54. The van der Waals surface area contributed by atoms with Gasteiger partial charge in [0.15, 0.2) is 0 Å². The molecule has 2 heterocycles. The van der Waals surface area contributed by atoms with Gasteiger partial charge in [0.1, 0.15) is 12.2 Å². The number of likely N-dealkylation sites (N-methyl/N-ethyl adjacent to an activating group) is 1. The van der Waals surface area contributed by atoms with Crippen molar-refractivity contribution in [1.29, 1.82) is 0 Å². The highest BCUT2D eigenvalue weighted by atomic mass is 16.5. The topological polar surface area (TPSA) is 98.4 Å². The van der Waals surface area contributed by atoms with Crippen molar-refractivity contribution in [2.24, 2.45) is 0 Å². The third kappa shape index (κ3) is 2.41. The smallest absolute Gasteiger partial charge is 0.328 e. The first kappa shape index (κ1) is 13.0. The van der Waals surface area contributed by atoms with Crippen molar-refractivity contribution in [3.63, 3.8) is 0 Å². The highest BCUT2D eigenvalue weighted by molar-refractivity contribution is 5.52. The van der Waals surface area contributed by atoms with Gasteiger partial charge in [0.05, 0.1) is 5.54 Å². The molecule has 0 bridgehead atoms. The van der Waals surface area contributed by atoms with Crippen molar-refractivity contribution in [3.8, 4) is 5.88 Å². The van der Waals surface area contributed by atoms with Crippen LogP contribution in [0.1, 0.15) is 19.4 Å². The number of nitrogens with zero attached hydrogens (tertiary/aromatic N) is 1. The second-order valence-electron chi connectivity index (χ2n) is 4.92. The first-order valence-corrected chi connectivity index (χ1v) is 5.70. The highest BCUT2D eigenvalue weighted by Gasteiger charge is 2.33. The Balaban J connectivity index is 2.45. The summed E-state index contributed by atoms with van der Waals surface area (Å²) < 4.78 is 5.44. The third-order valence-electron chi connectivity index (χ3n) is 3.07. The number of aromatic hydroxyl groups is 1. The fraction of sp³-hybridized carbons (Fsp3) is 0.417. The van der Waals surface area contributed by atoms with Crippen LogP contribution in [0.15, 0.2) is 21.2 Å². The number of hydrogen-bond acceptors (Lipinski definition) is 5. The Bertz CT molecular complexity index is 677. The number of nitrogens with one attached hydrogen (secondary N) is 2. The Morgan fingerprint density at radius 1 is 1.42 bits per heavy atom. The number of hydrogen-bond donors (Lipinski definition) is 3. The molecule has 0 radical (unpaired) electrons. The minimum atomic E-state index is -0.761. The van der Waals surface area contributed by atoms with Gasteiger partial charge in [-0.1, -0.05) is 5.73 Å². The normalized spacial score (nSPS) is 17.0. The first-order chi connectivity index (χ1) is 8.81. The molecule has 1 aromatic heterocycles. The molecule has 7 nitrogen and oxygen atoms in total. The van der Waals surface area contributed by atoms with E-state index >= 15 is 0 Å². The van der Waals surface area contributed by atoms with E-state index in [9.17, 15) is 14.7 Å². The average molecular weight is 265 g/mol. The van der Waals surface area contributed by atoms with Gasteiger partial charge in [0.25, 0.3) is 5.56 Å². The van der Waals surface area contributed by atoms with Crippen molar-refractivity contribution in [2.45, 2.75) is 19.4 Å². The Labute approximate surface area is 108 Å². The van der Waals surface area contributed by atoms with Gasteiger partial charge in [-0.3, -0.25) is 14.8 Å². The van der Waals surface area contributed by atoms with E-state index < -0.39 is 17.1 Å². The van der Waals surface area contributed by atoms with Crippen LogP contribution >= 0.6 is 0 Å². The van der Waals surface area contributed by atoms with E-state index in [4.69, 9.17) is 4.74 Å². The Morgan fingerprint density at radius 2 is 2.11 bits per heavy atom. The summed E-state index contributed by atoms with van der Waals surface area (Å²) in [6.45, 7) is 4.52. The fourth-order valence-corrected chi connectivity index (χ4v) is 1.60. The minimum absolute atomic E-state index is 0.0752. The van der Waals surface area contributed by atoms with Crippen molar-refractivity contribution in [3.05, 3.63) is 38.0 Å². The van der Waals surface area contributed by atoms with Crippen molar-refractivity contribution >= 4 is 6.08 Å². The predicted octanol–water partition coefficient (Wildman–Crippen LogP) is -0.0371. The fourth-order valence-electron chi connectivity index (χ4n) is 1.60. The van der Waals surface area contributed by atoms with Crippen LogP contribution in [0.5, 0.6) is 5.88 Å². The Morgan fingerprint density at radius 3 is 2.63 bits per heavy atom. The summed E-state index contributed by atoms with van der Waals surface area (Å²) in [5.41, 5.74) is 1.12. The molecule has 7 heteroatoms. The molecule has 1 aliphatic rings. The minimum Gasteiger partial charge on any atom is -0.494 e. The molecular weight excluding hydrogens is 250 g/mol. The van der Waals surface area contributed by atoms with Crippen LogP contribution in [-0.2, 0) is 4.74 Å². The second-order valence-corrected chi connectivity index (χ2v) is 4.92. The van der Waals surface area contributed by atoms with Gasteiger partial charge < -0.3 is 14.7 Å². The van der Waals surface area contributed by atoms with E-state index in [1.807, 2.05) is 30.8 Å². The van der Waals surface area contributed by atoms with Crippen LogP contribution in [0.2, 0.25) is 0 Å². The van der Waals surface area contributed by atoms with Gasteiger partial charge >= 0.3 is 5.69 Å². The molecule has 102 valence electrons. The maximum absolute atomic E-state index is 11.5. The van der Waals surface area contributed by atoms with E-state index in [-0.39, 0.29) is 11.1 Å². The first-order valence-electron chi connectivity index (χ1n) is 5.70. The summed E-state index contributed by atoms with van der Waals surface area (Å²) in [5, 5.41) is 9.50. The maximum atomic E-state index is 11.5. The molecular formula is C12H15N3O4. The largest absolute Gasteiger partial charge is 0.494 e. The lowest BCUT2D eigenvalue weighted by molar-refractivity contribution is 0.237. The van der Waals surface area contributed by atoms with Crippen molar-refractivity contribution in [1.82, 2.24) is 14.9 Å². The third-order valence-corrected chi connectivity index (χ3v) is 3.07. The summed E-state index contributed by atoms with van der Waals surface area (Å²) in [7, 11) is 1.85. The SMILES string of the molecule is CN1C(=C=Cc2c(O)[nH]c(=O)[nH]c2=O)OCC1(C)C. The molecule has 1 aliphatic heterocycles. The molecule has 19 heavy (non-hydrogen) atoms. The van der Waals surface area contributed by atoms with E-state index in [0.717, 1.165) is 0 Å². The molecule has 0 saturated carbocycles. The standard InChI is InChI=1S/C12H15N3O4/c1-12(2)6-19-8(15(12)3)5-4-7-9(16)13-11(18)14-10(7)17/h4H,6H2,1-3H3,(H3,13,14,16,17,18). The molecule has 0 amide bonds. The number of rotatable bonds is 1. The molecule has 3 N–H and O–H groups in total. The van der Waals surface area contributed by atoms with Gasteiger partial charge in [-0.05, 0) is 13.8 Å². The number of aromatic nitrogens is 2. The molecule has 2 rings (SSSR count). The molecule has 0 aliphatic carbocycles. The zero-order chi connectivity index (χ0) is 14.2. The molecule has 1 aromatic rings. The monoisotopic (exact) mass is 265 g/mol.